The number of aliphatic hydroxyl groups excluding tert-OH is 1. The molecule has 1 aliphatic carbocycles. The minimum atomic E-state index is -4.65. The number of alkyl halides is 3. The van der Waals surface area contributed by atoms with Crippen LogP contribution in [0.4, 0.5) is 18.0 Å². The molecule has 14 heteroatoms. The van der Waals surface area contributed by atoms with Crippen LogP contribution in [0.1, 0.15) is 46.8 Å². The quantitative estimate of drug-likeness (QED) is 0.513. The second kappa shape index (κ2) is 10.5. The number of halogens is 4. The third kappa shape index (κ3) is 5.17. The number of fused-ring (bicyclic) bond motifs is 1. The van der Waals surface area contributed by atoms with E-state index < -0.39 is 41.5 Å². The molecule has 0 radical (unpaired) electrons. The summed E-state index contributed by atoms with van der Waals surface area (Å²) in [6.07, 6.45) is -2.78. The van der Waals surface area contributed by atoms with Crippen LogP contribution in [0.5, 0.6) is 0 Å². The number of amides is 2. The Labute approximate surface area is 245 Å². The van der Waals surface area contributed by atoms with E-state index in [9.17, 15) is 27.9 Å². The molecule has 0 spiro atoms. The zero-order chi connectivity index (χ0) is 22.8. The number of cyclic esters (lactones) is 1. The molecule has 8 nitrogen and oxygen atoms in total. The predicted octanol–water partition coefficient (Wildman–Crippen LogP) is 2.91. The zero-order valence-corrected chi connectivity index (χ0v) is 26.9. The van der Waals surface area contributed by atoms with Crippen molar-refractivity contribution in [3.63, 3.8) is 0 Å². The third-order valence-electron chi connectivity index (χ3n) is 6.27. The van der Waals surface area contributed by atoms with Crippen LogP contribution in [0.3, 0.4) is 0 Å². The first kappa shape index (κ1) is 28.1. The zero-order valence-electron chi connectivity index (χ0n) is 17.8. The van der Waals surface area contributed by atoms with Crippen molar-refractivity contribution in [2.24, 2.45) is 0 Å². The number of nitrogens with zero attached hydrogens (tertiary/aromatic N) is 4. The molecule has 34 heavy (non-hydrogen) atoms. The van der Waals surface area contributed by atoms with E-state index in [1.807, 2.05) is 0 Å². The number of carbonyl (C=O) groups is 2. The van der Waals surface area contributed by atoms with Gasteiger partial charge in [0.05, 0.1) is 24.3 Å². The number of ether oxygens (including phenoxy) is 1. The van der Waals surface area contributed by atoms with Crippen molar-refractivity contribution in [2.45, 2.75) is 43.5 Å². The maximum Gasteiger partial charge on any atom is 0.419 e. The second-order valence-corrected chi connectivity index (χ2v) is 8.74. The fourth-order valence-electron chi connectivity index (χ4n) is 4.45. The minimum Gasteiger partial charge on any atom is -0.448 e. The van der Waals surface area contributed by atoms with E-state index in [2.05, 4.69) is 4.98 Å². The molecular weight excluding hydrogens is 929 g/mol. The number of aromatic nitrogens is 2. The number of aliphatic hydroxyl groups is 1. The van der Waals surface area contributed by atoms with Gasteiger partial charge in [0, 0.05) is 81.5 Å². The van der Waals surface area contributed by atoms with Gasteiger partial charge in [-0.15, -0.1) is 0 Å². The first-order valence-corrected chi connectivity index (χ1v) is 10.7. The van der Waals surface area contributed by atoms with Crippen molar-refractivity contribution in [3.05, 3.63) is 34.2 Å². The molecule has 2 atom stereocenters. The van der Waals surface area contributed by atoms with Crippen LogP contribution in [0.25, 0.3) is 5.65 Å². The summed E-state index contributed by atoms with van der Waals surface area (Å²) >= 11 is 6.33. The van der Waals surface area contributed by atoms with E-state index in [0.29, 0.717) is 18.5 Å². The van der Waals surface area contributed by atoms with Crippen molar-refractivity contribution in [1.29, 1.82) is 0 Å². The number of hydrogen-bond acceptors (Lipinski definition) is 5. The Morgan fingerprint density at radius 3 is 2.47 bits per heavy atom. The summed E-state index contributed by atoms with van der Waals surface area (Å²) in [4.78, 5) is 31.6. The van der Waals surface area contributed by atoms with Crippen LogP contribution in [-0.4, -0.2) is 74.7 Å². The summed E-state index contributed by atoms with van der Waals surface area (Å²) in [5, 5.41) is 10.3. The molecule has 4 heterocycles. The maximum atomic E-state index is 13.7. The number of hydrogen-bond donors (Lipinski definition) is 1. The summed E-state index contributed by atoms with van der Waals surface area (Å²) < 4.78 is 47.1. The molecule has 1 N–H and O–H groups in total. The van der Waals surface area contributed by atoms with Crippen molar-refractivity contribution in [3.8, 4) is 0 Å². The topological polar surface area (TPSA) is 87.4 Å². The monoisotopic (exact) mass is 948 g/mol. The number of likely N-dealkylation sites (tertiary alicyclic amines) is 1. The van der Waals surface area contributed by atoms with Crippen LogP contribution < -0.4 is 0 Å². The molecule has 2 aromatic heterocycles. The molecule has 0 bridgehead atoms. The SMILES string of the molecule is O=C(c1nc2c(C(F)(F)F)cc(C3CC3)cn2c1Cl)N1CC[C@H](N2CCOC2=O)[C@@H](O)C1.[U].[U]. The van der Waals surface area contributed by atoms with Gasteiger partial charge in [-0.25, -0.2) is 9.78 Å². The number of rotatable bonds is 3. The molecule has 3 fully saturated rings. The van der Waals surface area contributed by atoms with Gasteiger partial charge in [-0.2, -0.15) is 13.2 Å². The number of imidazole rings is 1. The molecule has 2 amide bonds. The Morgan fingerprint density at radius 2 is 1.91 bits per heavy atom. The molecule has 180 valence electrons. The van der Waals surface area contributed by atoms with E-state index in [1.165, 1.54) is 16.0 Å². The second-order valence-electron chi connectivity index (χ2n) is 8.39. The maximum absolute atomic E-state index is 13.7. The average molecular weight is 949 g/mol. The normalized spacial score (nSPS) is 22.9. The Kier molecular flexibility index (Phi) is 8.71. The minimum absolute atomic E-state index is 0. The molecule has 1 saturated carbocycles. The molecule has 2 aliphatic heterocycles. The van der Waals surface area contributed by atoms with Gasteiger partial charge in [-0.3, -0.25) is 14.1 Å². The number of pyridine rings is 1. The summed E-state index contributed by atoms with van der Waals surface area (Å²) in [5.41, 5.74) is -1.15. The summed E-state index contributed by atoms with van der Waals surface area (Å²) in [5.74, 6) is -0.620. The average Bonchev–Trinajstić information content (AvgIpc) is 3.43. The van der Waals surface area contributed by atoms with Gasteiger partial charge in [0.15, 0.2) is 11.3 Å². The molecule has 0 unspecified atom stereocenters. The van der Waals surface area contributed by atoms with Gasteiger partial charge in [-0.05, 0) is 36.8 Å². The van der Waals surface area contributed by atoms with Crippen molar-refractivity contribution >= 4 is 29.2 Å². The van der Waals surface area contributed by atoms with E-state index in [-0.39, 0.29) is 98.7 Å². The molecule has 5 rings (SSSR count). The van der Waals surface area contributed by atoms with Crippen LogP contribution >= 0.6 is 11.6 Å². The molecular formula is C20H20ClF3N4O4U2. The van der Waals surface area contributed by atoms with E-state index in [0.717, 1.165) is 23.3 Å². The smallest absolute Gasteiger partial charge is 0.419 e. The fraction of sp³-hybridized carbons (Fsp3) is 0.550. The summed E-state index contributed by atoms with van der Waals surface area (Å²) in [7, 11) is 0. The number of β-amino-alcohol motifs (C(OH)–C–C–N with tert-alkyl or cyclic N) is 1. The molecule has 0 aromatic carbocycles. The van der Waals surface area contributed by atoms with Crippen molar-refractivity contribution in [1.82, 2.24) is 19.2 Å². The number of piperidine rings is 1. The van der Waals surface area contributed by atoms with Crippen LogP contribution in [-0.2, 0) is 10.9 Å². The van der Waals surface area contributed by atoms with Crippen LogP contribution in [0.2, 0.25) is 5.15 Å². The van der Waals surface area contributed by atoms with Gasteiger partial charge in [0.25, 0.3) is 5.91 Å². The van der Waals surface area contributed by atoms with Gasteiger partial charge in [-0.1, -0.05) is 11.6 Å². The Morgan fingerprint density at radius 1 is 1.21 bits per heavy atom. The Balaban J connectivity index is 0.00000162. The first-order chi connectivity index (χ1) is 15.1. The van der Waals surface area contributed by atoms with E-state index in [4.69, 9.17) is 16.3 Å². The standard InChI is InChI=1S/C20H20ClF3N4O4.2U/c21-16-15(18(30)26-4-3-13(14(29)9-26)27-5-6-32-19(27)31)25-17-12(20(22,23)24)7-11(8-28(16)17)10-1-2-10;;/h7-8,10,13-14,29H,1-6,9H2;;/t13-,14-;;/m0../s1. The first-order valence-electron chi connectivity index (χ1n) is 10.3. The van der Waals surface area contributed by atoms with Gasteiger partial charge in [0.2, 0.25) is 0 Å². The molecule has 2 aromatic rings. The summed E-state index contributed by atoms with van der Waals surface area (Å²) in [6, 6.07) is 0.582. The van der Waals surface area contributed by atoms with Crippen LogP contribution in [0.15, 0.2) is 12.3 Å². The van der Waals surface area contributed by atoms with Crippen molar-refractivity contribution in [2.75, 3.05) is 26.2 Å². The third-order valence-corrected chi connectivity index (χ3v) is 6.63. The van der Waals surface area contributed by atoms with E-state index in [1.54, 1.807) is 0 Å². The Hall–Kier alpha value is -0.426. The largest absolute Gasteiger partial charge is 0.448 e. The van der Waals surface area contributed by atoms with Crippen LogP contribution in [0, 0.1) is 62.2 Å². The fourth-order valence-corrected chi connectivity index (χ4v) is 4.70. The van der Waals surface area contributed by atoms with Gasteiger partial charge < -0.3 is 14.7 Å². The van der Waals surface area contributed by atoms with E-state index >= 15 is 0 Å². The summed E-state index contributed by atoms with van der Waals surface area (Å²) in [6.45, 7) is 0.688. The molecule has 3 aliphatic rings. The van der Waals surface area contributed by atoms with Gasteiger partial charge >= 0.3 is 12.3 Å². The number of carbonyl (C=O) groups excluding carboxylic acids is 2. The Bertz CT molecular complexity index is 1110. The molecule has 2 saturated heterocycles. The van der Waals surface area contributed by atoms with Gasteiger partial charge in [0.1, 0.15) is 11.8 Å². The van der Waals surface area contributed by atoms with Crippen molar-refractivity contribution < 1.29 is 94.8 Å². The predicted molar refractivity (Wildman–Crippen MR) is 106 cm³/mol.